The molecule has 2 aromatic heterocycles. The van der Waals surface area contributed by atoms with Crippen LogP contribution in [0.4, 0.5) is 17.2 Å². The minimum atomic E-state index is 0.561. The van der Waals surface area contributed by atoms with Crippen LogP contribution < -0.4 is 10.1 Å². The van der Waals surface area contributed by atoms with Crippen LogP contribution in [0.5, 0.6) is 5.75 Å². The molecule has 0 saturated heterocycles. The van der Waals surface area contributed by atoms with Crippen molar-refractivity contribution in [3.8, 4) is 5.75 Å². The lowest BCUT2D eigenvalue weighted by molar-refractivity contribution is 0.415. The molecular weight excluding hydrogens is 314 g/mol. The van der Waals surface area contributed by atoms with Gasteiger partial charge >= 0.3 is 0 Å². The molecule has 6 heteroatoms. The Morgan fingerprint density at radius 1 is 1.12 bits per heavy atom. The van der Waals surface area contributed by atoms with E-state index in [1.807, 2.05) is 36.5 Å². The zero-order valence-electron chi connectivity index (χ0n) is 13.6. The first kappa shape index (κ1) is 14.0. The van der Waals surface area contributed by atoms with Gasteiger partial charge in [0.2, 0.25) is 0 Å². The van der Waals surface area contributed by atoms with E-state index in [1.54, 1.807) is 7.11 Å². The Kier molecular flexibility index (Phi) is 2.97. The second-order valence-electron chi connectivity index (χ2n) is 5.97. The molecular formula is C19H15N5O. The molecule has 5 rings (SSSR count). The van der Waals surface area contributed by atoms with Gasteiger partial charge in [-0.2, -0.15) is 10.2 Å². The lowest BCUT2D eigenvalue weighted by Gasteiger charge is -2.12. The number of methoxy groups -OCH3 is 1. The number of rotatable bonds is 3. The summed E-state index contributed by atoms with van der Waals surface area (Å²) in [6.45, 7) is 0.561. The smallest absolute Gasteiger partial charge is 0.159 e. The summed E-state index contributed by atoms with van der Waals surface area (Å²) < 4.78 is 5.33. The van der Waals surface area contributed by atoms with E-state index in [0.717, 1.165) is 44.9 Å². The second-order valence-corrected chi connectivity index (χ2v) is 5.97. The molecule has 0 radical (unpaired) electrons. The summed E-state index contributed by atoms with van der Waals surface area (Å²) >= 11 is 0. The molecule has 122 valence electrons. The fraction of sp³-hybridized carbons (Fsp3) is 0.105. The monoisotopic (exact) mass is 329 g/mol. The number of azo groups is 1. The largest absolute Gasteiger partial charge is 0.497 e. The van der Waals surface area contributed by atoms with Crippen molar-refractivity contribution >= 4 is 39.0 Å². The summed E-state index contributed by atoms with van der Waals surface area (Å²) in [5, 5.41) is 14.1. The van der Waals surface area contributed by atoms with E-state index in [2.05, 4.69) is 32.7 Å². The van der Waals surface area contributed by atoms with Crippen molar-refractivity contribution in [3.05, 3.63) is 54.2 Å². The maximum atomic E-state index is 5.33. The van der Waals surface area contributed by atoms with Crippen LogP contribution in [0, 0.1) is 0 Å². The molecule has 1 aliphatic rings. The van der Waals surface area contributed by atoms with Crippen LogP contribution >= 0.6 is 0 Å². The molecule has 6 nitrogen and oxygen atoms in total. The standard InChI is InChI=1S/C19H15N5O/c1-25-13-4-5-16-14(9-13)15-10-21-24-18(15)19(23-16)22-12-3-2-11-6-7-20-17(11)8-12/h2-9,20H,10H2,1H3,(H,22,23). The van der Waals surface area contributed by atoms with Crippen LogP contribution in [0.15, 0.2) is 58.9 Å². The van der Waals surface area contributed by atoms with E-state index >= 15 is 0 Å². The molecule has 0 bridgehead atoms. The minimum absolute atomic E-state index is 0.561. The first-order chi connectivity index (χ1) is 12.3. The quantitative estimate of drug-likeness (QED) is 0.551. The average Bonchev–Trinajstić information content (AvgIpc) is 3.30. The zero-order valence-corrected chi connectivity index (χ0v) is 13.6. The van der Waals surface area contributed by atoms with E-state index in [4.69, 9.17) is 9.72 Å². The number of ether oxygens (including phenoxy) is 1. The molecule has 3 heterocycles. The Morgan fingerprint density at radius 2 is 2.08 bits per heavy atom. The Balaban J connectivity index is 1.64. The van der Waals surface area contributed by atoms with Crippen molar-refractivity contribution in [2.45, 2.75) is 6.54 Å². The minimum Gasteiger partial charge on any atom is -0.497 e. The number of hydrogen-bond donors (Lipinski definition) is 2. The number of nitrogens with one attached hydrogen (secondary N) is 2. The van der Waals surface area contributed by atoms with Crippen LogP contribution in [0.1, 0.15) is 5.56 Å². The second kappa shape index (κ2) is 5.31. The molecule has 0 unspecified atom stereocenters. The summed E-state index contributed by atoms with van der Waals surface area (Å²) in [4.78, 5) is 7.98. The third-order valence-corrected chi connectivity index (χ3v) is 4.49. The van der Waals surface area contributed by atoms with E-state index < -0.39 is 0 Å². The zero-order chi connectivity index (χ0) is 16.8. The van der Waals surface area contributed by atoms with Crippen LogP contribution in [0.2, 0.25) is 0 Å². The fourth-order valence-corrected chi connectivity index (χ4v) is 3.22. The van der Waals surface area contributed by atoms with Crippen LogP contribution in [-0.2, 0) is 6.54 Å². The van der Waals surface area contributed by atoms with Crippen LogP contribution in [-0.4, -0.2) is 17.1 Å². The Bertz CT molecular complexity index is 1150. The highest BCUT2D eigenvalue weighted by molar-refractivity contribution is 5.93. The van der Waals surface area contributed by atoms with Gasteiger partial charge in [-0.05, 0) is 41.8 Å². The van der Waals surface area contributed by atoms with Gasteiger partial charge in [-0.3, -0.25) is 0 Å². The third kappa shape index (κ3) is 2.22. The van der Waals surface area contributed by atoms with Crippen molar-refractivity contribution in [1.29, 1.82) is 0 Å². The number of fused-ring (bicyclic) bond motifs is 4. The SMILES string of the molecule is COc1ccc2nc(Nc3ccc4cc[nH]c4c3)c3c(c2c1)CN=N3. The molecule has 0 aliphatic carbocycles. The molecule has 1 aliphatic heterocycles. The normalized spacial score (nSPS) is 12.7. The number of aromatic nitrogens is 2. The van der Waals surface area contributed by atoms with Gasteiger partial charge in [0.05, 0.1) is 19.2 Å². The van der Waals surface area contributed by atoms with E-state index in [-0.39, 0.29) is 0 Å². The van der Waals surface area contributed by atoms with Crippen molar-refractivity contribution in [2.24, 2.45) is 10.2 Å². The number of hydrogen-bond acceptors (Lipinski definition) is 5. The van der Waals surface area contributed by atoms with Crippen molar-refractivity contribution in [1.82, 2.24) is 9.97 Å². The molecule has 2 N–H and O–H groups in total. The highest BCUT2D eigenvalue weighted by Crippen LogP contribution is 2.40. The number of aromatic amines is 1. The third-order valence-electron chi connectivity index (χ3n) is 4.49. The van der Waals surface area contributed by atoms with E-state index in [1.165, 1.54) is 5.39 Å². The maximum absolute atomic E-state index is 5.33. The summed E-state index contributed by atoms with van der Waals surface area (Å²) in [5.74, 6) is 1.53. The molecule has 2 aromatic carbocycles. The number of pyridine rings is 1. The van der Waals surface area contributed by atoms with Crippen LogP contribution in [0.3, 0.4) is 0 Å². The number of H-pyrrole nitrogens is 1. The topological polar surface area (TPSA) is 74.7 Å². The summed E-state index contributed by atoms with van der Waals surface area (Å²) in [7, 11) is 1.66. The van der Waals surface area contributed by atoms with Gasteiger partial charge in [0.25, 0.3) is 0 Å². The molecule has 0 saturated carbocycles. The molecule has 0 atom stereocenters. The van der Waals surface area contributed by atoms with Gasteiger partial charge in [0.15, 0.2) is 5.82 Å². The first-order valence-corrected chi connectivity index (χ1v) is 8.04. The molecule has 0 amide bonds. The number of benzene rings is 2. The number of anilines is 2. The first-order valence-electron chi connectivity index (χ1n) is 8.04. The van der Waals surface area contributed by atoms with Gasteiger partial charge in [0, 0.05) is 28.4 Å². The predicted molar refractivity (Wildman–Crippen MR) is 98.1 cm³/mol. The Labute approximate surface area is 143 Å². The molecule has 25 heavy (non-hydrogen) atoms. The van der Waals surface area contributed by atoms with Crippen molar-refractivity contribution in [3.63, 3.8) is 0 Å². The summed E-state index contributed by atoms with van der Waals surface area (Å²) in [6, 6.07) is 14.1. The predicted octanol–water partition coefficient (Wildman–Crippen LogP) is 5.07. The van der Waals surface area contributed by atoms with Gasteiger partial charge < -0.3 is 15.0 Å². The molecule has 0 fully saturated rings. The Hall–Kier alpha value is -3.41. The molecule has 4 aromatic rings. The highest BCUT2D eigenvalue weighted by Gasteiger charge is 2.19. The van der Waals surface area contributed by atoms with Gasteiger partial charge in [-0.1, -0.05) is 6.07 Å². The Morgan fingerprint density at radius 3 is 3.00 bits per heavy atom. The van der Waals surface area contributed by atoms with Gasteiger partial charge in [-0.15, -0.1) is 0 Å². The lowest BCUT2D eigenvalue weighted by atomic mass is 10.1. The summed E-state index contributed by atoms with van der Waals surface area (Å²) in [6.07, 6.45) is 1.93. The highest BCUT2D eigenvalue weighted by atomic mass is 16.5. The van der Waals surface area contributed by atoms with Gasteiger partial charge in [-0.25, -0.2) is 4.98 Å². The van der Waals surface area contributed by atoms with Crippen molar-refractivity contribution in [2.75, 3.05) is 12.4 Å². The number of nitrogens with zero attached hydrogens (tertiary/aromatic N) is 3. The maximum Gasteiger partial charge on any atom is 0.159 e. The average molecular weight is 329 g/mol. The van der Waals surface area contributed by atoms with Gasteiger partial charge in [0.1, 0.15) is 11.4 Å². The summed E-state index contributed by atoms with van der Waals surface area (Å²) in [5.41, 5.74) is 4.81. The fourth-order valence-electron chi connectivity index (χ4n) is 3.22. The van der Waals surface area contributed by atoms with Crippen molar-refractivity contribution < 1.29 is 4.74 Å². The van der Waals surface area contributed by atoms with E-state index in [9.17, 15) is 0 Å². The van der Waals surface area contributed by atoms with E-state index in [0.29, 0.717) is 6.54 Å². The lowest BCUT2D eigenvalue weighted by Crippen LogP contribution is -1.97. The van der Waals surface area contributed by atoms with Crippen LogP contribution in [0.25, 0.3) is 21.8 Å². The molecule has 0 spiro atoms.